The van der Waals surface area contributed by atoms with Gasteiger partial charge in [0.1, 0.15) is 18.2 Å². The minimum absolute atomic E-state index is 0.259. The van der Waals surface area contributed by atoms with Crippen molar-refractivity contribution in [2.24, 2.45) is 4.99 Å². The van der Waals surface area contributed by atoms with Crippen molar-refractivity contribution in [3.8, 4) is 5.69 Å². The van der Waals surface area contributed by atoms with E-state index in [1.54, 1.807) is 41.0 Å². The first-order valence-corrected chi connectivity index (χ1v) is 7.96. The Morgan fingerprint density at radius 1 is 1.16 bits per heavy atom. The Hall–Kier alpha value is -2.54. The number of hydrogen-bond acceptors (Lipinski definition) is 4. The molecule has 4 rings (SSSR count). The van der Waals surface area contributed by atoms with E-state index in [1.807, 2.05) is 0 Å². The second-order valence-corrected chi connectivity index (χ2v) is 6.02. The molecule has 0 amide bonds. The molecule has 3 aromatic rings. The molecule has 1 aliphatic heterocycles. The van der Waals surface area contributed by atoms with Crippen molar-refractivity contribution in [2.45, 2.75) is 12.8 Å². The second-order valence-electron chi connectivity index (χ2n) is 5.59. The Bertz CT molecular complexity index is 1000. The van der Waals surface area contributed by atoms with Crippen LogP contribution in [0.1, 0.15) is 28.9 Å². The molecule has 2 N–H and O–H groups in total. The van der Waals surface area contributed by atoms with Crippen LogP contribution in [0.3, 0.4) is 0 Å². The number of halogens is 2. The summed E-state index contributed by atoms with van der Waals surface area (Å²) in [5.41, 5.74) is 2.09. The molecule has 0 radical (unpaired) electrons. The minimum atomic E-state index is -1.26. The van der Waals surface area contributed by atoms with Crippen LogP contribution in [0.15, 0.2) is 53.7 Å². The highest BCUT2D eigenvalue weighted by atomic mass is 35.5. The zero-order valence-corrected chi connectivity index (χ0v) is 13.7. The molecule has 1 atom stereocenters. The van der Waals surface area contributed by atoms with Crippen LogP contribution >= 0.6 is 11.6 Å². The van der Waals surface area contributed by atoms with Gasteiger partial charge in [0.2, 0.25) is 0 Å². The Balaban J connectivity index is 2.06. The van der Waals surface area contributed by atoms with Gasteiger partial charge in [0.05, 0.1) is 23.3 Å². The summed E-state index contributed by atoms with van der Waals surface area (Å²) in [6.07, 6.45) is 0.191. The van der Waals surface area contributed by atoms with E-state index in [2.05, 4.69) is 9.98 Å². The zero-order valence-electron chi connectivity index (χ0n) is 12.9. The monoisotopic (exact) mass is 357 g/mol. The van der Waals surface area contributed by atoms with Crippen LogP contribution in [-0.4, -0.2) is 25.5 Å². The number of rotatable bonds is 2. The zero-order chi connectivity index (χ0) is 17.6. The highest BCUT2D eigenvalue weighted by Crippen LogP contribution is 2.32. The van der Waals surface area contributed by atoms with Gasteiger partial charge in [-0.3, -0.25) is 4.57 Å². The first-order valence-electron chi connectivity index (χ1n) is 7.58. The van der Waals surface area contributed by atoms with Crippen LogP contribution in [0.4, 0.5) is 4.39 Å². The second kappa shape index (κ2) is 6.07. The van der Waals surface area contributed by atoms with Crippen LogP contribution < -0.4 is 0 Å². The Kier molecular flexibility index (Phi) is 3.88. The van der Waals surface area contributed by atoms with Gasteiger partial charge in [0.15, 0.2) is 6.23 Å². The van der Waals surface area contributed by atoms with Crippen molar-refractivity contribution in [2.75, 3.05) is 0 Å². The molecule has 126 valence electrons. The van der Waals surface area contributed by atoms with Crippen molar-refractivity contribution in [3.63, 3.8) is 0 Å². The molecule has 1 unspecified atom stereocenters. The Morgan fingerprint density at radius 2 is 1.96 bits per heavy atom. The first-order chi connectivity index (χ1) is 12.1. The predicted octanol–water partition coefficient (Wildman–Crippen LogP) is 3.00. The van der Waals surface area contributed by atoms with Crippen molar-refractivity contribution in [3.05, 3.63) is 82.1 Å². The fourth-order valence-corrected chi connectivity index (χ4v) is 3.17. The van der Waals surface area contributed by atoms with E-state index >= 15 is 0 Å². The van der Waals surface area contributed by atoms with E-state index in [9.17, 15) is 14.6 Å². The third kappa shape index (κ3) is 2.55. The lowest BCUT2D eigenvalue weighted by Gasteiger charge is -2.14. The number of aliphatic hydroxyl groups is 2. The van der Waals surface area contributed by atoms with Crippen molar-refractivity contribution in [1.82, 2.24) is 9.55 Å². The van der Waals surface area contributed by atoms with E-state index in [0.717, 1.165) is 0 Å². The van der Waals surface area contributed by atoms with E-state index in [4.69, 9.17) is 11.6 Å². The molecule has 1 aromatic heterocycles. The molecule has 0 bridgehead atoms. The lowest BCUT2D eigenvalue weighted by molar-refractivity contribution is 0.181. The van der Waals surface area contributed by atoms with E-state index in [1.165, 1.54) is 12.3 Å². The van der Waals surface area contributed by atoms with Crippen LogP contribution in [0.5, 0.6) is 0 Å². The predicted molar refractivity (Wildman–Crippen MR) is 91.5 cm³/mol. The van der Waals surface area contributed by atoms with Gasteiger partial charge in [-0.05, 0) is 30.3 Å². The molecule has 0 saturated heterocycles. The van der Waals surface area contributed by atoms with Gasteiger partial charge in [-0.2, -0.15) is 0 Å². The summed E-state index contributed by atoms with van der Waals surface area (Å²) in [7, 11) is 0. The van der Waals surface area contributed by atoms with Crippen LogP contribution in [0, 0.1) is 5.82 Å². The van der Waals surface area contributed by atoms with E-state index < -0.39 is 12.0 Å². The Labute approximate surface area is 147 Å². The molecule has 2 heterocycles. The lowest BCUT2D eigenvalue weighted by atomic mass is 10.00. The molecule has 0 aliphatic carbocycles. The number of aliphatic hydroxyl groups excluding tert-OH is 2. The standard InChI is InChI=1S/C18H13ClFN3O2/c19-10-5-6-14-12(7-10)17(11-3-1-2-4-13(11)20)22-18(25)15-8-21-16(9-24)23(14)15/h1-8,18,24-25H,9H2. The molecule has 2 aromatic carbocycles. The molecule has 25 heavy (non-hydrogen) atoms. The maximum atomic E-state index is 14.4. The first kappa shape index (κ1) is 16.0. The lowest BCUT2D eigenvalue weighted by Crippen LogP contribution is -2.10. The highest BCUT2D eigenvalue weighted by Gasteiger charge is 2.27. The third-order valence-corrected chi connectivity index (χ3v) is 4.34. The fraction of sp³-hybridized carbons (Fsp3) is 0.111. The van der Waals surface area contributed by atoms with Crippen molar-refractivity contribution >= 4 is 17.3 Å². The highest BCUT2D eigenvalue weighted by molar-refractivity contribution is 6.31. The summed E-state index contributed by atoms with van der Waals surface area (Å²) in [5, 5.41) is 20.6. The number of hydrogen-bond donors (Lipinski definition) is 2. The molecule has 5 nitrogen and oxygen atoms in total. The van der Waals surface area contributed by atoms with Gasteiger partial charge in [-0.25, -0.2) is 14.4 Å². The van der Waals surface area contributed by atoms with Gasteiger partial charge in [0.25, 0.3) is 0 Å². The average molecular weight is 358 g/mol. The maximum Gasteiger partial charge on any atom is 0.189 e. The van der Waals surface area contributed by atoms with Gasteiger partial charge >= 0.3 is 0 Å². The number of benzene rings is 2. The fourth-order valence-electron chi connectivity index (χ4n) is 3.00. The summed E-state index contributed by atoms with van der Waals surface area (Å²) in [6.45, 7) is -0.316. The smallest absolute Gasteiger partial charge is 0.189 e. The maximum absolute atomic E-state index is 14.4. The number of aromatic nitrogens is 2. The molecule has 1 aliphatic rings. The topological polar surface area (TPSA) is 70.6 Å². The number of aliphatic imine (C=N–C) groups is 1. The average Bonchev–Trinajstić information content (AvgIpc) is 2.99. The van der Waals surface area contributed by atoms with Gasteiger partial charge in [-0.15, -0.1) is 0 Å². The van der Waals surface area contributed by atoms with E-state index in [0.29, 0.717) is 27.8 Å². The molecular formula is C18H13ClFN3O2. The summed E-state index contributed by atoms with van der Waals surface area (Å²) in [4.78, 5) is 8.43. The van der Waals surface area contributed by atoms with Crippen molar-refractivity contribution in [1.29, 1.82) is 0 Å². The summed E-state index contributed by atoms with van der Waals surface area (Å²) < 4.78 is 16.0. The molecule has 7 heteroatoms. The largest absolute Gasteiger partial charge is 0.388 e. The van der Waals surface area contributed by atoms with Crippen LogP contribution in [-0.2, 0) is 6.61 Å². The molecule has 0 saturated carbocycles. The van der Waals surface area contributed by atoms with Gasteiger partial charge in [0, 0.05) is 16.1 Å². The summed E-state index contributed by atoms with van der Waals surface area (Å²) in [6, 6.07) is 11.3. The molecule has 0 fully saturated rings. The van der Waals surface area contributed by atoms with Gasteiger partial charge in [-0.1, -0.05) is 23.7 Å². The minimum Gasteiger partial charge on any atom is -0.388 e. The molecule has 0 spiro atoms. The SMILES string of the molecule is OCc1ncc2n1-c1ccc(Cl)cc1C(c1ccccc1F)=NC2O. The van der Waals surface area contributed by atoms with Crippen LogP contribution in [0.2, 0.25) is 5.02 Å². The third-order valence-electron chi connectivity index (χ3n) is 4.10. The quantitative estimate of drug-likeness (QED) is 0.740. The number of imidazole rings is 1. The van der Waals surface area contributed by atoms with Crippen molar-refractivity contribution < 1.29 is 14.6 Å². The number of fused-ring (bicyclic) bond motifs is 3. The van der Waals surface area contributed by atoms with E-state index in [-0.39, 0.29) is 17.9 Å². The molecular weight excluding hydrogens is 345 g/mol. The summed E-state index contributed by atoms with van der Waals surface area (Å²) in [5.74, 6) is -0.103. The number of nitrogens with zero attached hydrogens (tertiary/aromatic N) is 3. The van der Waals surface area contributed by atoms with Gasteiger partial charge < -0.3 is 10.2 Å². The van der Waals surface area contributed by atoms with Crippen LogP contribution in [0.25, 0.3) is 5.69 Å². The normalized spacial score (nSPS) is 16.0. The Morgan fingerprint density at radius 3 is 2.72 bits per heavy atom. The summed E-state index contributed by atoms with van der Waals surface area (Å²) >= 11 is 6.15.